The Labute approximate surface area is 131 Å². The van der Waals surface area contributed by atoms with Crippen molar-refractivity contribution in [2.75, 3.05) is 19.7 Å². The molecule has 0 saturated carbocycles. The molecule has 0 aliphatic carbocycles. The van der Waals surface area contributed by atoms with E-state index in [-0.39, 0.29) is 24.5 Å². The smallest absolute Gasteiger partial charge is 0.260 e. The normalized spacial score (nSPS) is 18.6. The second kappa shape index (κ2) is 6.81. The van der Waals surface area contributed by atoms with Crippen molar-refractivity contribution < 1.29 is 14.3 Å². The molecule has 2 rings (SSSR count). The highest BCUT2D eigenvalue weighted by Gasteiger charge is 2.25. The molecule has 0 radical (unpaired) electrons. The third-order valence-corrected chi connectivity index (χ3v) is 4.24. The van der Waals surface area contributed by atoms with Gasteiger partial charge in [0, 0.05) is 25.6 Å². The molecule has 22 heavy (non-hydrogen) atoms. The van der Waals surface area contributed by atoms with Gasteiger partial charge >= 0.3 is 0 Å². The number of aryl methyl sites for hydroxylation is 2. The van der Waals surface area contributed by atoms with Gasteiger partial charge in [-0.05, 0) is 44.4 Å². The molecule has 1 fully saturated rings. The van der Waals surface area contributed by atoms with Crippen LogP contribution in [0.15, 0.2) is 12.1 Å². The maximum atomic E-state index is 12.4. The van der Waals surface area contributed by atoms with E-state index in [0.717, 1.165) is 22.4 Å². The molecule has 5 heteroatoms. The quantitative estimate of drug-likeness (QED) is 0.925. The first-order chi connectivity index (χ1) is 10.4. The highest BCUT2D eigenvalue weighted by molar-refractivity contribution is 5.81. The van der Waals surface area contributed by atoms with Crippen molar-refractivity contribution in [2.24, 2.45) is 0 Å². The lowest BCUT2D eigenvalue weighted by atomic mass is 10.1. The van der Waals surface area contributed by atoms with E-state index < -0.39 is 0 Å². The van der Waals surface area contributed by atoms with Gasteiger partial charge in [0.15, 0.2) is 6.61 Å². The van der Waals surface area contributed by atoms with Crippen LogP contribution in [0.1, 0.15) is 30.0 Å². The van der Waals surface area contributed by atoms with E-state index in [1.807, 2.05) is 39.8 Å². The summed E-state index contributed by atoms with van der Waals surface area (Å²) in [7, 11) is 0. The van der Waals surface area contributed by atoms with Gasteiger partial charge in [0.05, 0.1) is 0 Å². The molecular weight excluding hydrogens is 280 g/mol. The Kier molecular flexibility index (Phi) is 5.06. The minimum atomic E-state index is -0.0793. The Morgan fingerprint density at radius 2 is 2.00 bits per heavy atom. The number of hydrogen-bond acceptors (Lipinski definition) is 3. The van der Waals surface area contributed by atoms with E-state index in [4.69, 9.17) is 4.74 Å². The Bertz CT molecular complexity index is 584. The summed E-state index contributed by atoms with van der Waals surface area (Å²) in [6.45, 7) is 8.88. The topological polar surface area (TPSA) is 58.6 Å². The molecule has 1 atom stereocenters. The lowest BCUT2D eigenvalue weighted by Crippen LogP contribution is -2.44. The zero-order chi connectivity index (χ0) is 16.3. The maximum Gasteiger partial charge on any atom is 0.260 e. The minimum absolute atomic E-state index is 0.00363. The van der Waals surface area contributed by atoms with E-state index in [1.165, 1.54) is 0 Å². The third kappa shape index (κ3) is 3.59. The van der Waals surface area contributed by atoms with E-state index >= 15 is 0 Å². The fourth-order valence-electron chi connectivity index (χ4n) is 2.64. The Hall–Kier alpha value is -2.04. The van der Waals surface area contributed by atoms with Gasteiger partial charge < -0.3 is 15.0 Å². The fraction of sp³-hybridized carbons (Fsp3) is 0.529. The lowest BCUT2D eigenvalue weighted by Gasteiger charge is -2.26. The predicted octanol–water partition coefficient (Wildman–Crippen LogP) is 1.73. The van der Waals surface area contributed by atoms with Gasteiger partial charge in [-0.15, -0.1) is 0 Å². The molecule has 1 aromatic rings. The summed E-state index contributed by atoms with van der Waals surface area (Å²) < 4.78 is 5.78. The Balaban J connectivity index is 2.03. The number of rotatable bonds is 3. The number of benzene rings is 1. The summed E-state index contributed by atoms with van der Waals surface area (Å²) in [4.78, 5) is 25.6. The van der Waals surface area contributed by atoms with Crippen LogP contribution in [0, 0.1) is 20.8 Å². The molecule has 2 amide bonds. The number of nitrogens with one attached hydrogen (secondary N) is 1. The van der Waals surface area contributed by atoms with Crippen LogP contribution in [0.2, 0.25) is 0 Å². The van der Waals surface area contributed by atoms with Crippen LogP contribution in [0.25, 0.3) is 0 Å². The minimum Gasteiger partial charge on any atom is -0.483 e. The summed E-state index contributed by atoms with van der Waals surface area (Å²) in [5.74, 6) is 0.697. The van der Waals surface area contributed by atoms with Crippen LogP contribution in [-0.2, 0) is 9.59 Å². The molecule has 0 spiro atoms. The molecule has 1 aromatic carbocycles. The van der Waals surface area contributed by atoms with Gasteiger partial charge in [-0.2, -0.15) is 0 Å². The summed E-state index contributed by atoms with van der Waals surface area (Å²) in [5.41, 5.74) is 3.23. The second-order valence-electron chi connectivity index (χ2n) is 5.93. The zero-order valence-corrected chi connectivity index (χ0v) is 13.7. The number of hydrogen-bond donors (Lipinski definition) is 1. The Morgan fingerprint density at radius 3 is 2.73 bits per heavy atom. The molecule has 1 unspecified atom stereocenters. The second-order valence-corrected chi connectivity index (χ2v) is 5.93. The van der Waals surface area contributed by atoms with Crippen molar-refractivity contribution in [1.29, 1.82) is 0 Å². The van der Waals surface area contributed by atoms with Gasteiger partial charge in [-0.1, -0.05) is 12.1 Å². The van der Waals surface area contributed by atoms with Gasteiger partial charge in [-0.3, -0.25) is 9.59 Å². The monoisotopic (exact) mass is 304 g/mol. The first kappa shape index (κ1) is 16.3. The zero-order valence-electron chi connectivity index (χ0n) is 13.7. The van der Waals surface area contributed by atoms with Crippen LogP contribution < -0.4 is 10.1 Å². The average molecular weight is 304 g/mol. The van der Waals surface area contributed by atoms with E-state index in [0.29, 0.717) is 19.5 Å². The number of ether oxygens (including phenoxy) is 1. The maximum absolute atomic E-state index is 12.4. The highest BCUT2D eigenvalue weighted by Crippen LogP contribution is 2.25. The molecule has 1 heterocycles. The molecule has 1 aliphatic rings. The first-order valence-corrected chi connectivity index (χ1v) is 7.66. The van der Waals surface area contributed by atoms with Crippen LogP contribution in [0.4, 0.5) is 0 Å². The highest BCUT2D eigenvalue weighted by atomic mass is 16.5. The number of carbonyl (C=O) groups excluding carboxylic acids is 2. The van der Waals surface area contributed by atoms with Gasteiger partial charge in [-0.25, -0.2) is 0 Å². The van der Waals surface area contributed by atoms with Gasteiger partial charge in [0.1, 0.15) is 5.75 Å². The van der Waals surface area contributed by atoms with Crippen LogP contribution in [0.5, 0.6) is 5.75 Å². The van der Waals surface area contributed by atoms with Crippen molar-refractivity contribution in [2.45, 2.75) is 40.2 Å². The van der Waals surface area contributed by atoms with Gasteiger partial charge in [0.25, 0.3) is 5.91 Å². The van der Waals surface area contributed by atoms with E-state index in [1.54, 1.807) is 4.90 Å². The Morgan fingerprint density at radius 1 is 1.32 bits per heavy atom. The lowest BCUT2D eigenvalue weighted by molar-refractivity contribution is -0.135. The van der Waals surface area contributed by atoms with Crippen molar-refractivity contribution >= 4 is 11.8 Å². The summed E-state index contributed by atoms with van der Waals surface area (Å²) in [6, 6.07) is 4.04. The van der Waals surface area contributed by atoms with Crippen LogP contribution >= 0.6 is 0 Å². The molecule has 1 N–H and O–H groups in total. The van der Waals surface area contributed by atoms with Crippen molar-refractivity contribution in [3.63, 3.8) is 0 Å². The van der Waals surface area contributed by atoms with Crippen LogP contribution in [-0.4, -0.2) is 42.5 Å². The fourth-order valence-corrected chi connectivity index (χ4v) is 2.64. The molecule has 1 aliphatic heterocycles. The summed E-state index contributed by atoms with van der Waals surface area (Å²) in [6.07, 6.45) is 0.346. The number of carbonyl (C=O) groups is 2. The molecule has 0 bridgehead atoms. The van der Waals surface area contributed by atoms with Crippen molar-refractivity contribution in [3.05, 3.63) is 28.8 Å². The molecule has 1 saturated heterocycles. The number of nitrogens with zero attached hydrogens (tertiary/aromatic N) is 1. The molecule has 5 nitrogen and oxygen atoms in total. The van der Waals surface area contributed by atoms with Crippen molar-refractivity contribution in [1.82, 2.24) is 10.2 Å². The van der Waals surface area contributed by atoms with E-state index in [9.17, 15) is 9.59 Å². The SMILES string of the molecule is Cc1ccc(C)c(OCC(=O)N2CCC(=O)NCC2C)c1C. The van der Waals surface area contributed by atoms with Gasteiger partial charge in [0.2, 0.25) is 5.91 Å². The average Bonchev–Trinajstić information content (AvgIpc) is 2.65. The van der Waals surface area contributed by atoms with Crippen molar-refractivity contribution in [3.8, 4) is 5.75 Å². The number of amides is 2. The predicted molar refractivity (Wildman–Crippen MR) is 84.9 cm³/mol. The third-order valence-electron chi connectivity index (χ3n) is 4.24. The first-order valence-electron chi connectivity index (χ1n) is 7.66. The van der Waals surface area contributed by atoms with Crippen LogP contribution in [0.3, 0.4) is 0 Å². The summed E-state index contributed by atoms with van der Waals surface area (Å²) >= 11 is 0. The standard InChI is InChI=1S/C17H24N2O3/c1-11-5-6-12(2)17(14(11)4)22-10-16(21)19-8-7-15(20)18-9-13(19)3/h5-6,13H,7-10H2,1-4H3,(H,18,20). The molecule has 120 valence electrons. The molecular formula is C17H24N2O3. The van der Waals surface area contributed by atoms with E-state index in [2.05, 4.69) is 5.32 Å². The molecule has 0 aromatic heterocycles. The largest absolute Gasteiger partial charge is 0.483 e. The summed E-state index contributed by atoms with van der Waals surface area (Å²) in [5, 5.41) is 2.80.